The van der Waals surface area contributed by atoms with Gasteiger partial charge in [-0.1, -0.05) is 24.6 Å². The van der Waals surface area contributed by atoms with Gasteiger partial charge in [0, 0.05) is 18.4 Å². The SMILES string of the molecule is CCN(CCS(C)(=O)=O)[C@@H](C)c1nnc(-c2ccc(C)cc2)o1. The standard InChI is InChI=1S/C16H23N3O3S/c1-5-19(10-11-23(4,20)21)13(3)15-17-18-16(22-15)14-8-6-12(2)7-9-14/h6-9,13H,5,10-11H2,1-4H3/t13-/m0/s1. The minimum atomic E-state index is -3.00. The Bertz CT molecular complexity index is 738. The molecular formula is C16H23N3O3S. The summed E-state index contributed by atoms with van der Waals surface area (Å²) in [5.41, 5.74) is 2.04. The fourth-order valence-electron chi connectivity index (χ4n) is 2.28. The zero-order chi connectivity index (χ0) is 17.0. The molecule has 7 heteroatoms. The second kappa shape index (κ2) is 7.23. The summed E-state index contributed by atoms with van der Waals surface area (Å²) in [4.78, 5) is 2.01. The van der Waals surface area contributed by atoms with E-state index < -0.39 is 9.84 Å². The van der Waals surface area contributed by atoms with E-state index in [2.05, 4.69) is 10.2 Å². The molecule has 0 unspecified atom stereocenters. The maximum absolute atomic E-state index is 11.3. The van der Waals surface area contributed by atoms with Gasteiger partial charge in [0.2, 0.25) is 11.8 Å². The van der Waals surface area contributed by atoms with Crippen molar-refractivity contribution in [2.75, 3.05) is 25.1 Å². The average molecular weight is 337 g/mol. The molecule has 0 aliphatic carbocycles. The van der Waals surface area contributed by atoms with Crippen LogP contribution in [0, 0.1) is 6.92 Å². The van der Waals surface area contributed by atoms with E-state index in [0.29, 0.717) is 24.9 Å². The lowest BCUT2D eigenvalue weighted by atomic mass is 10.1. The van der Waals surface area contributed by atoms with Gasteiger partial charge in [-0.05, 0) is 32.5 Å². The molecule has 0 saturated carbocycles. The van der Waals surface area contributed by atoms with Crippen molar-refractivity contribution in [2.45, 2.75) is 26.8 Å². The number of rotatable bonds is 7. The third kappa shape index (κ3) is 4.87. The van der Waals surface area contributed by atoms with Gasteiger partial charge in [0.1, 0.15) is 9.84 Å². The number of hydrogen-bond acceptors (Lipinski definition) is 6. The van der Waals surface area contributed by atoms with Gasteiger partial charge in [-0.25, -0.2) is 8.42 Å². The molecule has 1 aromatic carbocycles. The summed E-state index contributed by atoms with van der Waals surface area (Å²) >= 11 is 0. The van der Waals surface area contributed by atoms with Crippen molar-refractivity contribution in [2.24, 2.45) is 0 Å². The molecule has 0 N–H and O–H groups in total. The summed E-state index contributed by atoms with van der Waals surface area (Å²) in [5.74, 6) is 1.09. The third-order valence-corrected chi connectivity index (χ3v) is 4.72. The minimum Gasteiger partial charge on any atom is -0.419 e. The van der Waals surface area contributed by atoms with Gasteiger partial charge in [0.05, 0.1) is 11.8 Å². The predicted molar refractivity (Wildman–Crippen MR) is 89.8 cm³/mol. The second-order valence-electron chi connectivity index (χ2n) is 5.75. The summed E-state index contributed by atoms with van der Waals surface area (Å²) in [5, 5.41) is 8.22. The van der Waals surface area contributed by atoms with Crippen LogP contribution < -0.4 is 0 Å². The molecule has 2 aromatic rings. The van der Waals surface area contributed by atoms with Crippen LogP contribution in [0.4, 0.5) is 0 Å². The molecule has 126 valence electrons. The Hall–Kier alpha value is -1.73. The van der Waals surface area contributed by atoms with Crippen molar-refractivity contribution in [3.8, 4) is 11.5 Å². The number of aromatic nitrogens is 2. The summed E-state index contributed by atoms with van der Waals surface area (Å²) < 4.78 is 28.5. The van der Waals surface area contributed by atoms with Gasteiger partial charge in [-0.2, -0.15) is 0 Å². The van der Waals surface area contributed by atoms with E-state index in [0.717, 1.165) is 5.56 Å². The first-order chi connectivity index (χ1) is 10.8. The zero-order valence-electron chi connectivity index (χ0n) is 14.0. The average Bonchev–Trinajstić information content (AvgIpc) is 2.97. The smallest absolute Gasteiger partial charge is 0.247 e. The van der Waals surface area contributed by atoms with E-state index in [1.165, 1.54) is 11.8 Å². The Kier molecular flexibility index (Phi) is 5.54. The van der Waals surface area contributed by atoms with Crippen LogP contribution in [0.2, 0.25) is 0 Å². The fourth-order valence-corrected chi connectivity index (χ4v) is 2.85. The molecular weight excluding hydrogens is 314 g/mol. The highest BCUT2D eigenvalue weighted by Gasteiger charge is 2.21. The number of aryl methyl sites for hydroxylation is 1. The van der Waals surface area contributed by atoms with Crippen molar-refractivity contribution < 1.29 is 12.8 Å². The Morgan fingerprint density at radius 2 is 1.87 bits per heavy atom. The molecule has 1 aromatic heterocycles. The second-order valence-corrected chi connectivity index (χ2v) is 8.01. The van der Waals surface area contributed by atoms with Crippen molar-refractivity contribution in [3.63, 3.8) is 0 Å². The minimum absolute atomic E-state index is 0.115. The van der Waals surface area contributed by atoms with Gasteiger partial charge >= 0.3 is 0 Å². The highest BCUT2D eigenvalue weighted by atomic mass is 32.2. The van der Waals surface area contributed by atoms with Crippen LogP contribution in [0.15, 0.2) is 28.7 Å². The molecule has 0 radical (unpaired) electrons. The van der Waals surface area contributed by atoms with Gasteiger partial charge < -0.3 is 4.42 Å². The van der Waals surface area contributed by atoms with Gasteiger partial charge in [-0.3, -0.25) is 4.90 Å². The first-order valence-electron chi connectivity index (χ1n) is 7.62. The molecule has 2 rings (SSSR count). The van der Waals surface area contributed by atoms with E-state index in [-0.39, 0.29) is 11.8 Å². The fraction of sp³-hybridized carbons (Fsp3) is 0.500. The molecule has 0 bridgehead atoms. The van der Waals surface area contributed by atoms with Crippen LogP contribution in [-0.4, -0.2) is 48.6 Å². The molecule has 1 atom stereocenters. The number of hydrogen-bond donors (Lipinski definition) is 0. The third-order valence-electron chi connectivity index (χ3n) is 3.80. The van der Waals surface area contributed by atoms with Crippen molar-refractivity contribution in [1.82, 2.24) is 15.1 Å². The number of benzene rings is 1. The van der Waals surface area contributed by atoms with Crippen LogP contribution in [-0.2, 0) is 9.84 Å². The molecule has 0 aliphatic heterocycles. The van der Waals surface area contributed by atoms with E-state index >= 15 is 0 Å². The Morgan fingerprint density at radius 3 is 2.43 bits per heavy atom. The quantitative estimate of drug-likeness (QED) is 0.772. The summed E-state index contributed by atoms with van der Waals surface area (Å²) in [7, 11) is -3.00. The zero-order valence-corrected chi connectivity index (χ0v) is 14.8. The maximum Gasteiger partial charge on any atom is 0.247 e. The Labute approximate surface area is 137 Å². The van der Waals surface area contributed by atoms with E-state index in [1.807, 2.05) is 49.9 Å². The first-order valence-corrected chi connectivity index (χ1v) is 9.68. The van der Waals surface area contributed by atoms with Crippen LogP contribution in [0.1, 0.15) is 31.3 Å². The van der Waals surface area contributed by atoms with E-state index in [9.17, 15) is 8.42 Å². The predicted octanol–water partition coefficient (Wildman–Crippen LogP) is 2.47. The van der Waals surface area contributed by atoms with Gasteiger partial charge in [0.25, 0.3) is 0 Å². The Balaban J connectivity index is 2.13. The maximum atomic E-state index is 11.3. The highest BCUT2D eigenvalue weighted by molar-refractivity contribution is 7.90. The molecule has 23 heavy (non-hydrogen) atoms. The van der Waals surface area contributed by atoms with Crippen molar-refractivity contribution in [3.05, 3.63) is 35.7 Å². The van der Waals surface area contributed by atoms with Crippen LogP contribution >= 0.6 is 0 Å². The van der Waals surface area contributed by atoms with Crippen LogP contribution in [0.3, 0.4) is 0 Å². The molecule has 0 amide bonds. The lowest BCUT2D eigenvalue weighted by Crippen LogP contribution is -2.31. The largest absolute Gasteiger partial charge is 0.419 e. The highest BCUT2D eigenvalue weighted by Crippen LogP contribution is 2.24. The monoisotopic (exact) mass is 337 g/mol. The number of sulfone groups is 1. The topological polar surface area (TPSA) is 76.3 Å². The van der Waals surface area contributed by atoms with Crippen molar-refractivity contribution >= 4 is 9.84 Å². The summed E-state index contributed by atoms with van der Waals surface area (Å²) in [6.45, 7) is 7.10. The first kappa shape index (κ1) is 17.6. The molecule has 0 spiro atoms. The van der Waals surface area contributed by atoms with E-state index in [1.54, 1.807) is 0 Å². The van der Waals surface area contributed by atoms with Gasteiger partial charge in [0.15, 0.2) is 0 Å². The molecule has 0 fully saturated rings. The molecule has 6 nitrogen and oxygen atoms in total. The van der Waals surface area contributed by atoms with Crippen LogP contribution in [0.25, 0.3) is 11.5 Å². The van der Waals surface area contributed by atoms with Crippen molar-refractivity contribution in [1.29, 1.82) is 0 Å². The summed E-state index contributed by atoms with van der Waals surface area (Å²) in [6, 6.07) is 7.74. The number of nitrogens with zero attached hydrogens (tertiary/aromatic N) is 3. The van der Waals surface area contributed by atoms with Crippen LogP contribution in [0.5, 0.6) is 0 Å². The lowest BCUT2D eigenvalue weighted by molar-refractivity contribution is 0.203. The molecule has 0 saturated heterocycles. The normalized spacial score (nSPS) is 13.4. The summed E-state index contributed by atoms with van der Waals surface area (Å²) in [6.07, 6.45) is 1.24. The lowest BCUT2D eigenvalue weighted by Gasteiger charge is -2.24. The molecule has 1 heterocycles. The van der Waals surface area contributed by atoms with Gasteiger partial charge in [-0.15, -0.1) is 10.2 Å². The Morgan fingerprint density at radius 1 is 1.22 bits per heavy atom. The molecule has 0 aliphatic rings. The van der Waals surface area contributed by atoms with E-state index in [4.69, 9.17) is 4.42 Å².